The highest BCUT2D eigenvalue weighted by Crippen LogP contribution is 2.38. The van der Waals surface area contributed by atoms with Crippen LogP contribution in [0.1, 0.15) is 26.3 Å². The van der Waals surface area contributed by atoms with Crippen molar-refractivity contribution in [2.45, 2.75) is 32.8 Å². The smallest absolute Gasteiger partial charge is 0.227 e. The molecule has 0 unspecified atom stereocenters. The summed E-state index contributed by atoms with van der Waals surface area (Å²) in [6.45, 7) is 7.04. The molecule has 6 heteroatoms. The number of aliphatic hydroxyl groups is 1. The quantitative estimate of drug-likeness (QED) is 0.901. The Morgan fingerprint density at radius 1 is 1.36 bits per heavy atom. The molecule has 1 N–H and O–H groups in total. The van der Waals surface area contributed by atoms with Gasteiger partial charge < -0.3 is 19.5 Å². The van der Waals surface area contributed by atoms with Crippen molar-refractivity contribution in [3.05, 3.63) is 22.7 Å². The second-order valence-electron chi connectivity index (χ2n) is 6.00. The Kier molecular flexibility index (Phi) is 5.19. The van der Waals surface area contributed by atoms with Crippen LogP contribution in [-0.2, 0) is 11.2 Å². The largest absolute Gasteiger partial charge is 0.486 e. The Morgan fingerprint density at radius 2 is 2.05 bits per heavy atom. The van der Waals surface area contributed by atoms with Crippen molar-refractivity contribution in [3.63, 3.8) is 0 Å². The molecule has 0 saturated heterocycles. The van der Waals surface area contributed by atoms with Gasteiger partial charge in [0, 0.05) is 13.1 Å². The van der Waals surface area contributed by atoms with E-state index in [0.717, 1.165) is 5.56 Å². The number of amides is 1. The SMILES string of the molecule is CCN(CC(C)(C)O)C(=O)Cc1cc(Cl)c2c(c1)OCCO2. The number of fused-ring (bicyclic) bond motifs is 1. The van der Waals surface area contributed by atoms with Gasteiger partial charge in [-0.15, -0.1) is 0 Å². The zero-order valence-electron chi connectivity index (χ0n) is 13.2. The molecule has 0 radical (unpaired) electrons. The van der Waals surface area contributed by atoms with E-state index >= 15 is 0 Å². The topological polar surface area (TPSA) is 59.0 Å². The summed E-state index contributed by atoms with van der Waals surface area (Å²) >= 11 is 6.18. The van der Waals surface area contributed by atoms with Crippen molar-refractivity contribution in [1.29, 1.82) is 0 Å². The van der Waals surface area contributed by atoms with E-state index in [1.54, 1.807) is 30.9 Å². The monoisotopic (exact) mass is 327 g/mol. The maximum absolute atomic E-state index is 12.4. The molecular formula is C16H22ClNO4. The Morgan fingerprint density at radius 3 is 2.68 bits per heavy atom. The number of rotatable bonds is 5. The van der Waals surface area contributed by atoms with Crippen molar-refractivity contribution < 1.29 is 19.4 Å². The van der Waals surface area contributed by atoms with Crippen LogP contribution in [-0.4, -0.2) is 47.8 Å². The van der Waals surface area contributed by atoms with Crippen LogP contribution in [0.15, 0.2) is 12.1 Å². The third-order valence-corrected chi connectivity index (χ3v) is 3.60. The molecule has 5 nitrogen and oxygen atoms in total. The second-order valence-corrected chi connectivity index (χ2v) is 6.41. The highest BCUT2D eigenvalue weighted by atomic mass is 35.5. The lowest BCUT2D eigenvalue weighted by Crippen LogP contribution is -2.42. The van der Waals surface area contributed by atoms with Gasteiger partial charge in [0.05, 0.1) is 17.0 Å². The molecule has 0 saturated carbocycles. The van der Waals surface area contributed by atoms with Crippen molar-refractivity contribution >= 4 is 17.5 Å². The molecule has 0 atom stereocenters. The van der Waals surface area contributed by atoms with E-state index < -0.39 is 5.60 Å². The summed E-state index contributed by atoms with van der Waals surface area (Å²) < 4.78 is 11.0. The van der Waals surface area contributed by atoms with Crippen molar-refractivity contribution in [2.75, 3.05) is 26.3 Å². The highest BCUT2D eigenvalue weighted by Gasteiger charge is 2.23. The van der Waals surface area contributed by atoms with Crippen LogP contribution >= 0.6 is 11.6 Å². The van der Waals surface area contributed by atoms with E-state index in [9.17, 15) is 9.90 Å². The van der Waals surface area contributed by atoms with Gasteiger partial charge in [-0.1, -0.05) is 11.6 Å². The Labute approximate surface area is 135 Å². The van der Waals surface area contributed by atoms with Gasteiger partial charge in [0.25, 0.3) is 0 Å². The fourth-order valence-corrected chi connectivity index (χ4v) is 2.68. The zero-order valence-corrected chi connectivity index (χ0v) is 13.9. The number of nitrogens with zero attached hydrogens (tertiary/aromatic N) is 1. The molecule has 22 heavy (non-hydrogen) atoms. The number of carbonyl (C=O) groups excluding carboxylic acids is 1. The van der Waals surface area contributed by atoms with Crippen LogP contribution in [0.5, 0.6) is 11.5 Å². The molecule has 0 aliphatic carbocycles. The van der Waals surface area contributed by atoms with Gasteiger partial charge in [0.15, 0.2) is 11.5 Å². The molecule has 0 aromatic heterocycles. The maximum atomic E-state index is 12.4. The summed E-state index contributed by atoms with van der Waals surface area (Å²) in [4.78, 5) is 14.0. The molecule has 1 aromatic rings. The summed E-state index contributed by atoms with van der Waals surface area (Å²) in [7, 11) is 0. The number of hydrogen-bond donors (Lipinski definition) is 1. The fourth-order valence-electron chi connectivity index (χ4n) is 2.40. The molecule has 1 aliphatic heterocycles. The summed E-state index contributed by atoms with van der Waals surface area (Å²) in [5.41, 5.74) is -0.149. The molecule has 1 amide bonds. The van der Waals surface area contributed by atoms with E-state index in [4.69, 9.17) is 21.1 Å². The number of carbonyl (C=O) groups is 1. The minimum Gasteiger partial charge on any atom is -0.486 e. The Bertz CT molecular complexity index is 554. The molecular weight excluding hydrogens is 306 g/mol. The first-order valence-corrected chi connectivity index (χ1v) is 7.76. The van der Waals surface area contributed by atoms with Crippen molar-refractivity contribution in [1.82, 2.24) is 4.90 Å². The molecule has 1 aromatic carbocycles. The number of hydrogen-bond acceptors (Lipinski definition) is 4. The Hall–Kier alpha value is -1.46. The van der Waals surface area contributed by atoms with E-state index in [1.807, 2.05) is 6.92 Å². The Balaban J connectivity index is 2.12. The number of likely N-dealkylation sites (N-methyl/N-ethyl adjacent to an activating group) is 1. The molecule has 122 valence electrons. The molecule has 0 fully saturated rings. The average Bonchev–Trinajstić information content (AvgIpc) is 2.43. The third-order valence-electron chi connectivity index (χ3n) is 3.32. The van der Waals surface area contributed by atoms with Gasteiger partial charge >= 0.3 is 0 Å². The fraction of sp³-hybridized carbons (Fsp3) is 0.562. The van der Waals surface area contributed by atoms with E-state index in [-0.39, 0.29) is 12.3 Å². The lowest BCUT2D eigenvalue weighted by atomic mass is 10.1. The normalized spacial score (nSPS) is 13.9. The van der Waals surface area contributed by atoms with Gasteiger partial charge in [-0.05, 0) is 38.5 Å². The maximum Gasteiger partial charge on any atom is 0.227 e. The van der Waals surface area contributed by atoms with E-state index in [1.165, 1.54) is 0 Å². The summed E-state index contributed by atoms with van der Waals surface area (Å²) in [6.07, 6.45) is 0.209. The van der Waals surface area contributed by atoms with Crippen LogP contribution in [0.4, 0.5) is 0 Å². The van der Waals surface area contributed by atoms with Gasteiger partial charge in [0.2, 0.25) is 5.91 Å². The minimum absolute atomic E-state index is 0.0580. The van der Waals surface area contributed by atoms with Crippen LogP contribution in [0, 0.1) is 0 Å². The second kappa shape index (κ2) is 6.75. The first-order valence-electron chi connectivity index (χ1n) is 7.38. The summed E-state index contributed by atoms with van der Waals surface area (Å²) in [5.74, 6) is 1.05. The number of ether oxygens (including phenoxy) is 2. The van der Waals surface area contributed by atoms with Gasteiger partial charge in [-0.25, -0.2) is 0 Å². The van der Waals surface area contributed by atoms with Gasteiger partial charge in [0.1, 0.15) is 13.2 Å². The first kappa shape index (κ1) is 16.9. The minimum atomic E-state index is -0.921. The summed E-state index contributed by atoms with van der Waals surface area (Å²) in [6, 6.07) is 3.51. The average molecular weight is 328 g/mol. The van der Waals surface area contributed by atoms with Crippen LogP contribution in [0.3, 0.4) is 0 Å². The molecule has 1 heterocycles. The predicted molar refractivity (Wildman–Crippen MR) is 84.7 cm³/mol. The number of halogens is 1. The van der Waals surface area contributed by atoms with Crippen LogP contribution in [0.25, 0.3) is 0 Å². The third kappa shape index (κ3) is 4.27. The van der Waals surface area contributed by atoms with E-state index in [0.29, 0.717) is 42.8 Å². The molecule has 1 aliphatic rings. The van der Waals surface area contributed by atoms with Gasteiger partial charge in [-0.3, -0.25) is 4.79 Å². The standard InChI is InChI=1S/C16H22ClNO4/c1-4-18(10-16(2,3)20)14(19)9-11-7-12(17)15-13(8-11)21-5-6-22-15/h7-8,20H,4-6,9-10H2,1-3H3. The predicted octanol–water partition coefficient (Wildman–Crippen LogP) is 2.27. The van der Waals surface area contributed by atoms with Gasteiger partial charge in [-0.2, -0.15) is 0 Å². The van der Waals surface area contributed by atoms with Crippen LogP contribution in [0.2, 0.25) is 5.02 Å². The first-order chi connectivity index (χ1) is 10.3. The van der Waals surface area contributed by atoms with Crippen molar-refractivity contribution in [2.24, 2.45) is 0 Å². The summed E-state index contributed by atoms with van der Waals surface area (Å²) in [5, 5.41) is 10.3. The van der Waals surface area contributed by atoms with Crippen LogP contribution < -0.4 is 9.47 Å². The lowest BCUT2D eigenvalue weighted by Gasteiger charge is -2.28. The van der Waals surface area contributed by atoms with E-state index in [2.05, 4.69) is 0 Å². The van der Waals surface area contributed by atoms with Crippen molar-refractivity contribution in [3.8, 4) is 11.5 Å². The molecule has 0 bridgehead atoms. The lowest BCUT2D eigenvalue weighted by molar-refractivity contribution is -0.133. The zero-order chi connectivity index (χ0) is 16.3. The highest BCUT2D eigenvalue weighted by molar-refractivity contribution is 6.32. The molecule has 0 spiro atoms. The molecule has 2 rings (SSSR count). The number of benzene rings is 1.